The zero-order valence-electron chi connectivity index (χ0n) is 8.00. The van der Waals surface area contributed by atoms with E-state index in [4.69, 9.17) is 5.11 Å². The third-order valence-corrected chi connectivity index (χ3v) is 1.74. The minimum atomic E-state index is -1.32. The van der Waals surface area contributed by atoms with Crippen LogP contribution in [-0.4, -0.2) is 28.6 Å². The van der Waals surface area contributed by atoms with E-state index in [1.807, 2.05) is 0 Å². The molecule has 0 radical (unpaired) electrons. The summed E-state index contributed by atoms with van der Waals surface area (Å²) in [7, 11) is 0. The Morgan fingerprint density at radius 2 is 2.33 bits per heavy atom. The van der Waals surface area contributed by atoms with Gasteiger partial charge in [0.1, 0.15) is 0 Å². The molecular weight excluding hydrogens is 206 g/mol. The van der Waals surface area contributed by atoms with Gasteiger partial charge in [-0.15, -0.1) is 0 Å². The van der Waals surface area contributed by atoms with Crippen molar-refractivity contribution in [2.45, 2.75) is 13.0 Å². The standard InChI is InChI=1S/C9H10F2N2O2/c1-5(4-14)13-9(15)6-2-3-12-8(11)7(6)10/h2-3,5,14H,4H2,1H3,(H,13,15)/t5-/m1/s1. The molecule has 0 aliphatic heterocycles. The molecule has 15 heavy (non-hydrogen) atoms. The summed E-state index contributed by atoms with van der Waals surface area (Å²) in [5, 5.41) is 11.0. The molecule has 1 aromatic heterocycles. The highest BCUT2D eigenvalue weighted by Gasteiger charge is 2.17. The van der Waals surface area contributed by atoms with Crippen LogP contribution in [0.15, 0.2) is 12.3 Å². The van der Waals surface area contributed by atoms with Crippen molar-refractivity contribution in [1.29, 1.82) is 0 Å². The first kappa shape index (κ1) is 11.5. The fraction of sp³-hybridized carbons (Fsp3) is 0.333. The van der Waals surface area contributed by atoms with Gasteiger partial charge >= 0.3 is 0 Å². The Bertz CT molecular complexity index is 371. The van der Waals surface area contributed by atoms with Crippen molar-refractivity contribution in [3.63, 3.8) is 0 Å². The van der Waals surface area contributed by atoms with E-state index in [0.29, 0.717) is 0 Å². The Kier molecular flexibility index (Phi) is 3.68. The lowest BCUT2D eigenvalue weighted by molar-refractivity contribution is 0.0916. The number of hydrogen-bond acceptors (Lipinski definition) is 3. The van der Waals surface area contributed by atoms with Crippen LogP contribution in [-0.2, 0) is 0 Å². The Balaban J connectivity index is 2.87. The number of nitrogens with one attached hydrogen (secondary N) is 1. The number of amides is 1. The average molecular weight is 216 g/mol. The smallest absolute Gasteiger partial charge is 0.254 e. The van der Waals surface area contributed by atoms with Gasteiger partial charge in [0, 0.05) is 12.2 Å². The molecule has 1 atom stereocenters. The van der Waals surface area contributed by atoms with Crippen LogP contribution in [0.5, 0.6) is 0 Å². The summed E-state index contributed by atoms with van der Waals surface area (Å²) in [5.41, 5.74) is -0.428. The summed E-state index contributed by atoms with van der Waals surface area (Å²) < 4.78 is 25.7. The Labute approximate surface area is 84.9 Å². The molecule has 4 nitrogen and oxygen atoms in total. The summed E-state index contributed by atoms with van der Waals surface area (Å²) in [4.78, 5) is 14.4. The second-order valence-corrected chi connectivity index (χ2v) is 3.02. The van der Waals surface area contributed by atoms with Gasteiger partial charge in [-0.3, -0.25) is 4.79 Å². The number of carbonyl (C=O) groups is 1. The summed E-state index contributed by atoms with van der Waals surface area (Å²) in [6.45, 7) is 1.26. The van der Waals surface area contributed by atoms with E-state index in [9.17, 15) is 13.6 Å². The van der Waals surface area contributed by atoms with Crippen molar-refractivity contribution in [1.82, 2.24) is 10.3 Å². The number of aliphatic hydroxyl groups is 1. The van der Waals surface area contributed by atoms with Crippen molar-refractivity contribution >= 4 is 5.91 Å². The monoisotopic (exact) mass is 216 g/mol. The summed E-state index contributed by atoms with van der Waals surface area (Å²) >= 11 is 0. The largest absolute Gasteiger partial charge is 0.394 e. The van der Waals surface area contributed by atoms with Gasteiger partial charge in [0.25, 0.3) is 5.91 Å². The summed E-state index contributed by atoms with van der Waals surface area (Å²) in [5.74, 6) is -3.39. The van der Waals surface area contributed by atoms with Crippen LogP contribution in [0, 0.1) is 11.8 Å². The number of aromatic nitrogens is 1. The van der Waals surface area contributed by atoms with Gasteiger partial charge < -0.3 is 10.4 Å². The topological polar surface area (TPSA) is 62.2 Å². The Morgan fingerprint density at radius 3 is 2.93 bits per heavy atom. The van der Waals surface area contributed by atoms with Gasteiger partial charge in [-0.2, -0.15) is 4.39 Å². The lowest BCUT2D eigenvalue weighted by atomic mass is 10.2. The first-order valence-electron chi connectivity index (χ1n) is 4.28. The molecule has 6 heteroatoms. The molecule has 0 saturated heterocycles. The van der Waals surface area contributed by atoms with Crippen LogP contribution in [0.2, 0.25) is 0 Å². The lowest BCUT2D eigenvalue weighted by Gasteiger charge is -2.10. The SMILES string of the molecule is C[C@H](CO)NC(=O)c1ccnc(F)c1F. The number of rotatable bonds is 3. The molecule has 0 aliphatic carbocycles. The second-order valence-electron chi connectivity index (χ2n) is 3.02. The number of carbonyl (C=O) groups excluding carboxylic acids is 1. The molecule has 1 amide bonds. The fourth-order valence-electron chi connectivity index (χ4n) is 0.941. The van der Waals surface area contributed by atoms with Gasteiger partial charge in [-0.25, -0.2) is 9.37 Å². The highest BCUT2D eigenvalue weighted by atomic mass is 19.2. The normalized spacial score (nSPS) is 12.3. The average Bonchev–Trinajstić information content (AvgIpc) is 2.21. The van der Waals surface area contributed by atoms with Gasteiger partial charge in [-0.1, -0.05) is 0 Å². The van der Waals surface area contributed by atoms with Gasteiger partial charge in [0.05, 0.1) is 12.2 Å². The number of pyridine rings is 1. The first-order valence-corrected chi connectivity index (χ1v) is 4.28. The third kappa shape index (κ3) is 2.69. The van der Waals surface area contributed by atoms with Crippen molar-refractivity contribution in [3.05, 3.63) is 29.6 Å². The minimum Gasteiger partial charge on any atom is -0.394 e. The molecule has 2 N–H and O–H groups in total. The lowest BCUT2D eigenvalue weighted by Crippen LogP contribution is -2.35. The van der Waals surface area contributed by atoms with Crippen molar-refractivity contribution < 1.29 is 18.7 Å². The third-order valence-electron chi connectivity index (χ3n) is 1.74. The van der Waals surface area contributed by atoms with Gasteiger partial charge in [-0.05, 0) is 13.0 Å². The van der Waals surface area contributed by atoms with E-state index in [1.54, 1.807) is 0 Å². The predicted octanol–water partition coefficient (Wildman–Crippen LogP) is 0.470. The number of nitrogens with zero attached hydrogens (tertiary/aromatic N) is 1. The van der Waals surface area contributed by atoms with Crippen LogP contribution >= 0.6 is 0 Å². The van der Waals surface area contributed by atoms with Crippen LogP contribution in [0.1, 0.15) is 17.3 Å². The molecule has 0 spiro atoms. The van der Waals surface area contributed by atoms with Crippen LogP contribution in [0.3, 0.4) is 0 Å². The van der Waals surface area contributed by atoms with E-state index in [0.717, 1.165) is 12.3 Å². The highest BCUT2D eigenvalue weighted by molar-refractivity contribution is 5.94. The molecule has 0 aliphatic rings. The van der Waals surface area contributed by atoms with Gasteiger partial charge in [0.15, 0.2) is 5.82 Å². The van der Waals surface area contributed by atoms with Crippen molar-refractivity contribution in [3.8, 4) is 0 Å². The molecule has 0 aromatic carbocycles. The first-order chi connectivity index (χ1) is 7.06. The van der Waals surface area contributed by atoms with Crippen LogP contribution in [0.4, 0.5) is 8.78 Å². The molecule has 1 aromatic rings. The molecule has 82 valence electrons. The highest BCUT2D eigenvalue weighted by Crippen LogP contribution is 2.08. The van der Waals surface area contributed by atoms with E-state index in [2.05, 4.69) is 10.3 Å². The second kappa shape index (κ2) is 4.79. The van der Waals surface area contributed by atoms with Crippen LogP contribution in [0.25, 0.3) is 0 Å². The number of hydrogen-bond donors (Lipinski definition) is 2. The molecular formula is C9H10F2N2O2. The number of aliphatic hydroxyl groups excluding tert-OH is 1. The Hall–Kier alpha value is -1.56. The molecule has 1 heterocycles. The Morgan fingerprint density at radius 1 is 1.67 bits per heavy atom. The fourth-order valence-corrected chi connectivity index (χ4v) is 0.941. The summed E-state index contributed by atoms with van der Waals surface area (Å²) in [6.07, 6.45) is 0.997. The van der Waals surface area contributed by atoms with Crippen LogP contribution < -0.4 is 5.32 Å². The maximum absolute atomic E-state index is 13.0. The van der Waals surface area contributed by atoms with E-state index < -0.39 is 29.3 Å². The van der Waals surface area contributed by atoms with Crippen molar-refractivity contribution in [2.75, 3.05) is 6.61 Å². The molecule has 1 rings (SSSR count). The van der Waals surface area contributed by atoms with E-state index in [-0.39, 0.29) is 6.61 Å². The molecule has 0 fully saturated rings. The van der Waals surface area contributed by atoms with E-state index >= 15 is 0 Å². The predicted molar refractivity (Wildman–Crippen MR) is 48.2 cm³/mol. The zero-order valence-corrected chi connectivity index (χ0v) is 8.00. The maximum atomic E-state index is 13.0. The van der Waals surface area contributed by atoms with Crippen molar-refractivity contribution in [2.24, 2.45) is 0 Å². The minimum absolute atomic E-state index is 0.277. The molecule has 0 unspecified atom stereocenters. The maximum Gasteiger partial charge on any atom is 0.254 e. The molecule has 0 bridgehead atoms. The molecule has 0 saturated carbocycles. The quantitative estimate of drug-likeness (QED) is 0.722. The summed E-state index contributed by atoms with van der Waals surface area (Å²) in [6, 6.07) is 0.547. The number of halogens is 2. The van der Waals surface area contributed by atoms with E-state index in [1.165, 1.54) is 6.92 Å². The zero-order chi connectivity index (χ0) is 11.4. The van der Waals surface area contributed by atoms with Gasteiger partial charge in [0.2, 0.25) is 5.95 Å².